The maximum atomic E-state index is 11.5. The molecule has 1 aromatic heterocycles. The molecule has 0 aromatic carbocycles. The molecule has 0 radical (unpaired) electrons. The molecule has 104 valence electrons. The molecule has 1 heterocycles. The van der Waals surface area contributed by atoms with Crippen molar-refractivity contribution in [3.05, 3.63) is 6.33 Å². The summed E-state index contributed by atoms with van der Waals surface area (Å²) >= 11 is 0. The zero-order valence-corrected chi connectivity index (χ0v) is 10.8. The minimum Gasteiger partial charge on any atom is -0.490 e. The van der Waals surface area contributed by atoms with Crippen LogP contribution >= 0.6 is 0 Å². The van der Waals surface area contributed by atoms with Crippen molar-refractivity contribution in [2.45, 2.75) is 25.3 Å². The Labute approximate surface area is 111 Å². The lowest BCUT2D eigenvalue weighted by atomic mass is 10.3. The predicted octanol–water partition coefficient (Wildman–Crippen LogP) is -0.149. The van der Waals surface area contributed by atoms with Gasteiger partial charge in [0.15, 0.2) is 11.6 Å². The van der Waals surface area contributed by atoms with E-state index in [0.29, 0.717) is 36.4 Å². The lowest BCUT2D eigenvalue weighted by Crippen LogP contribution is -2.27. The Hall–Kier alpha value is -2.09. The topological polar surface area (TPSA) is 114 Å². The van der Waals surface area contributed by atoms with Crippen LogP contribution in [0.25, 0.3) is 0 Å². The maximum Gasteiger partial charge on any atom is 0.221 e. The number of anilines is 2. The summed E-state index contributed by atoms with van der Waals surface area (Å²) in [6.07, 6.45) is 3.92. The van der Waals surface area contributed by atoms with Crippen molar-refractivity contribution in [1.82, 2.24) is 15.3 Å². The fourth-order valence-corrected chi connectivity index (χ4v) is 1.62. The van der Waals surface area contributed by atoms with Crippen LogP contribution in [0.15, 0.2) is 6.33 Å². The van der Waals surface area contributed by atoms with Crippen molar-refractivity contribution in [2.24, 2.45) is 5.84 Å². The average Bonchev–Trinajstić information content (AvgIpc) is 3.22. The number of rotatable bonds is 7. The number of aromatic nitrogens is 2. The molecule has 0 unspecified atom stereocenters. The van der Waals surface area contributed by atoms with Crippen LogP contribution in [0.1, 0.15) is 19.3 Å². The van der Waals surface area contributed by atoms with E-state index < -0.39 is 0 Å². The molecule has 1 aliphatic rings. The number of nitrogen functional groups attached to an aromatic ring is 1. The Balaban J connectivity index is 1.86. The number of methoxy groups -OCH3 is 1. The Morgan fingerprint density at radius 3 is 2.84 bits per heavy atom. The predicted molar refractivity (Wildman–Crippen MR) is 70.7 cm³/mol. The van der Waals surface area contributed by atoms with Crippen LogP contribution < -0.4 is 26.6 Å². The van der Waals surface area contributed by atoms with Gasteiger partial charge < -0.3 is 20.8 Å². The lowest BCUT2D eigenvalue weighted by Gasteiger charge is -2.12. The number of nitrogens with one attached hydrogen (secondary N) is 3. The molecule has 1 fully saturated rings. The highest BCUT2D eigenvalue weighted by molar-refractivity contribution is 5.77. The van der Waals surface area contributed by atoms with Gasteiger partial charge in [-0.1, -0.05) is 0 Å². The molecule has 2 rings (SSSR count). The van der Waals surface area contributed by atoms with Gasteiger partial charge in [0.25, 0.3) is 0 Å². The Kier molecular flexibility index (Phi) is 4.35. The van der Waals surface area contributed by atoms with E-state index in [0.717, 1.165) is 12.8 Å². The standard InChI is InChI=1S/C11H18N6O2/c1-19-9-10(14-6-15-11(9)17-12)13-5-4-8(18)16-7-2-3-7/h6-7H,2-5,12H2,1H3,(H,16,18)(H2,13,14,15,17). The molecule has 8 nitrogen and oxygen atoms in total. The van der Waals surface area contributed by atoms with E-state index in [4.69, 9.17) is 10.6 Å². The average molecular weight is 266 g/mol. The molecule has 0 spiro atoms. The van der Waals surface area contributed by atoms with E-state index in [9.17, 15) is 4.79 Å². The summed E-state index contributed by atoms with van der Waals surface area (Å²) in [6, 6.07) is 0.383. The fourth-order valence-electron chi connectivity index (χ4n) is 1.62. The molecule has 0 atom stereocenters. The number of amides is 1. The van der Waals surface area contributed by atoms with Gasteiger partial charge in [-0.2, -0.15) is 0 Å². The summed E-state index contributed by atoms with van der Waals surface area (Å²) in [5.74, 6) is 6.68. The zero-order valence-electron chi connectivity index (χ0n) is 10.8. The number of nitrogens with two attached hydrogens (primary N) is 1. The summed E-state index contributed by atoms with van der Waals surface area (Å²) in [6.45, 7) is 0.468. The Morgan fingerprint density at radius 1 is 1.47 bits per heavy atom. The van der Waals surface area contributed by atoms with E-state index in [1.54, 1.807) is 0 Å². The number of hydrazine groups is 1. The Morgan fingerprint density at radius 2 is 2.21 bits per heavy atom. The molecule has 1 aromatic rings. The molecule has 0 bridgehead atoms. The van der Waals surface area contributed by atoms with Crippen LogP contribution in [0, 0.1) is 0 Å². The number of nitrogens with zero attached hydrogens (tertiary/aromatic N) is 2. The van der Waals surface area contributed by atoms with Crippen LogP contribution in [0.5, 0.6) is 5.75 Å². The van der Waals surface area contributed by atoms with Crippen LogP contribution in [0.2, 0.25) is 0 Å². The minimum atomic E-state index is 0.0418. The molecule has 0 aliphatic heterocycles. The van der Waals surface area contributed by atoms with Gasteiger partial charge in [0, 0.05) is 19.0 Å². The molecular formula is C11H18N6O2. The second kappa shape index (κ2) is 6.19. The number of carbonyl (C=O) groups excluding carboxylic acids is 1. The zero-order chi connectivity index (χ0) is 13.7. The fraction of sp³-hybridized carbons (Fsp3) is 0.545. The highest BCUT2D eigenvalue weighted by atomic mass is 16.5. The van der Waals surface area contributed by atoms with E-state index in [2.05, 4.69) is 26.0 Å². The SMILES string of the molecule is COc1c(NN)ncnc1NCCC(=O)NC1CC1. The highest BCUT2D eigenvalue weighted by Gasteiger charge is 2.22. The number of carbonyl (C=O) groups is 1. The third-order valence-electron chi connectivity index (χ3n) is 2.73. The smallest absolute Gasteiger partial charge is 0.221 e. The summed E-state index contributed by atoms with van der Waals surface area (Å²) in [7, 11) is 1.50. The van der Waals surface area contributed by atoms with Crippen LogP contribution in [0.4, 0.5) is 11.6 Å². The van der Waals surface area contributed by atoms with Crippen LogP contribution in [-0.4, -0.2) is 35.6 Å². The second-order valence-corrected chi connectivity index (χ2v) is 4.27. The monoisotopic (exact) mass is 266 g/mol. The number of hydrogen-bond acceptors (Lipinski definition) is 7. The highest BCUT2D eigenvalue weighted by Crippen LogP contribution is 2.27. The molecule has 1 amide bonds. The van der Waals surface area contributed by atoms with Crippen molar-refractivity contribution in [3.63, 3.8) is 0 Å². The minimum absolute atomic E-state index is 0.0418. The first kappa shape index (κ1) is 13.3. The van der Waals surface area contributed by atoms with Crippen molar-refractivity contribution < 1.29 is 9.53 Å². The van der Waals surface area contributed by atoms with Gasteiger partial charge in [0.1, 0.15) is 6.33 Å². The molecule has 8 heteroatoms. The summed E-state index contributed by atoms with van der Waals surface area (Å²) in [4.78, 5) is 19.5. The van der Waals surface area contributed by atoms with Gasteiger partial charge in [0.2, 0.25) is 11.7 Å². The van der Waals surface area contributed by atoms with Crippen molar-refractivity contribution in [3.8, 4) is 5.75 Å². The molecule has 1 saturated carbocycles. The molecular weight excluding hydrogens is 248 g/mol. The molecule has 1 aliphatic carbocycles. The van der Waals surface area contributed by atoms with Gasteiger partial charge in [0.05, 0.1) is 7.11 Å². The normalized spacial score (nSPS) is 13.8. The van der Waals surface area contributed by atoms with Gasteiger partial charge in [-0.25, -0.2) is 15.8 Å². The van der Waals surface area contributed by atoms with E-state index in [1.807, 2.05) is 0 Å². The quantitative estimate of drug-likeness (QED) is 0.401. The van der Waals surface area contributed by atoms with E-state index in [-0.39, 0.29) is 5.91 Å². The molecule has 0 saturated heterocycles. The van der Waals surface area contributed by atoms with Crippen molar-refractivity contribution >= 4 is 17.5 Å². The Bertz CT molecular complexity index is 449. The number of ether oxygens (including phenoxy) is 1. The first-order valence-corrected chi connectivity index (χ1v) is 6.13. The van der Waals surface area contributed by atoms with Crippen LogP contribution in [0.3, 0.4) is 0 Å². The largest absolute Gasteiger partial charge is 0.490 e. The first-order valence-electron chi connectivity index (χ1n) is 6.13. The van der Waals surface area contributed by atoms with Crippen molar-refractivity contribution in [1.29, 1.82) is 0 Å². The van der Waals surface area contributed by atoms with Crippen LogP contribution in [-0.2, 0) is 4.79 Å². The third kappa shape index (κ3) is 3.68. The second-order valence-electron chi connectivity index (χ2n) is 4.27. The third-order valence-corrected chi connectivity index (χ3v) is 2.73. The number of hydrogen-bond donors (Lipinski definition) is 4. The van der Waals surface area contributed by atoms with E-state index >= 15 is 0 Å². The summed E-state index contributed by atoms with van der Waals surface area (Å²) in [5, 5.41) is 5.95. The molecule has 5 N–H and O–H groups in total. The van der Waals surface area contributed by atoms with E-state index in [1.165, 1.54) is 13.4 Å². The van der Waals surface area contributed by atoms with Gasteiger partial charge in [-0.15, -0.1) is 0 Å². The summed E-state index contributed by atoms with van der Waals surface area (Å²) < 4.78 is 5.17. The first-order chi connectivity index (χ1) is 9.24. The van der Waals surface area contributed by atoms with Gasteiger partial charge in [-0.3, -0.25) is 4.79 Å². The van der Waals surface area contributed by atoms with Gasteiger partial charge in [-0.05, 0) is 12.8 Å². The lowest BCUT2D eigenvalue weighted by molar-refractivity contribution is -0.120. The summed E-state index contributed by atoms with van der Waals surface area (Å²) in [5.41, 5.74) is 2.43. The van der Waals surface area contributed by atoms with Gasteiger partial charge >= 0.3 is 0 Å². The maximum absolute atomic E-state index is 11.5. The molecule has 19 heavy (non-hydrogen) atoms. The van der Waals surface area contributed by atoms with Crippen molar-refractivity contribution in [2.75, 3.05) is 24.4 Å².